The first-order chi connectivity index (χ1) is 8.97. The Labute approximate surface area is 111 Å². The van der Waals surface area contributed by atoms with Crippen LogP contribution in [0.3, 0.4) is 0 Å². The molecule has 19 heavy (non-hydrogen) atoms. The lowest BCUT2D eigenvalue weighted by atomic mass is 10.1. The van der Waals surface area contributed by atoms with Gasteiger partial charge in [-0.05, 0) is 39.0 Å². The van der Waals surface area contributed by atoms with Crippen LogP contribution in [0.15, 0.2) is 30.6 Å². The molecule has 5 heteroatoms. The second-order valence-electron chi connectivity index (χ2n) is 4.83. The van der Waals surface area contributed by atoms with Gasteiger partial charge in [-0.15, -0.1) is 0 Å². The number of halogens is 2. The molecule has 0 aliphatic carbocycles. The van der Waals surface area contributed by atoms with Crippen molar-refractivity contribution in [2.24, 2.45) is 0 Å². The zero-order chi connectivity index (χ0) is 14.0. The van der Waals surface area contributed by atoms with E-state index in [0.717, 1.165) is 17.8 Å². The van der Waals surface area contributed by atoms with E-state index in [2.05, 4.69) is 10.4 Å². The third-order valence-electron chi connectivity index (χ3n) is 2.94. The molecule has 0 spiro atoms. The second-order valence-corrected chi connectivity index (χ2v) is 4.83. The third kappa shape index (κ3) is 3.10. The summed E-state index contributed by atoms with van der Waals surface area (Å²) in [4.78, 5) is 0. The maximum Gasteiger partial charge on any atom is 0.128 e. The molecule has 102 valence electrons. The lowest BCUT2D eigenvalue weighted by molar-refractivity contribution is 0.532. The molecule has 0 amide bonds. The van der Waals surface area contributed by atoms with Gasteiger partial charge in [0.2, 0.25) is 0 Å². The Kier molecular flexibility index (Phi) is 3.83. The Morgan fingerprint density at radius 1 is 1.21 bits per heavy atom. The van der Waals surface area contributed by atoms with Crippen molar-refractivity contribution in [1.82, 2.24) is 9.78 Å². The van der Waals surface area contributed by atoms with Crippen LogP contribution >= 0.6 is 0 Å². The maximum absolute atomic E-state index is 13.6. The topological polar surface area (TPSA) is 29.9 Å². The average molecular weight is 265 g/mol. The van der Waals surface area contributed by atoms with Crippen LogP contribution in [-0.4, -0.2) is 9.78 Å². The average Bonchev–Trinajstić information content (AvgIpc) is 2.80. The van der Waals surface area contributed by atoms with Crippen LogP contribution in [0.25, 0.3) is 0 Å². The molecule has 1 atom stereocenters. The van der Waals surface area contributed by atoms with Gasteiger partial charge >= 0.3 is 0 Å². The Balaban J connectivity index is 2.15. The largest absolute Gasteiger partial charge is 0.376 e. The van der Waals surface area contributed by atoms with Crippen LogP contribution in [0.4, 0.5) is 14.5 Å². The minimum atomic E-state index is -0.442. The molecule has 3 nitrogen and oxygen atoms in total. The predicted molar refractivity (Wildman–Crippen MR) is 71.0 cm³/mol. The molecule has 0 saturated heterocycles. The minimum Gasteiger partial charge on any atom is -0.376 e. The normalized spacial score (nSPS) is 12.7. The smallest absolute Gasteiger partial charge is 0.128 e. The van der Waals surface area contributed by atoms with Gasteiger partial charge in [0, 0.05) is 17.8 Å². The summed E-state index contributed by atoms with van der Waals surface area (Å²) >= 11 is 0. The van der Waals surface area contributed by atoms with Crippen LogP contribution in [0.5, 0.6) is 0 Å². The molecule has 1 heterocycles. The van der Waals surface area contributed by atoms with Gasteiger partial charge in [-0.3, -0.25) is 4.68 Å². The van der Waals surface area contributed by atoms with Crippen molar-refractivity contribution in [2.75, 3.05) is 5.32 Å². The summed E-state index contributed by atoms with van der Waals surface area (Å²) in [6.45, 7) is 5.82. The van der Waals surface area contributed by atoms with Gasteiger partial charge in [0.05, 0.1) is 17.9 Å². The fraction of sp³-hybridized carbons (Fsp3) is 0.357. The molecule has 0 bridgehead atoms. The van der Waals surface area contributed by atoms with Crippen molar-refractivity contribution in [3.05, 3.63) is 47.8 Å². The molecule has 0 saturated carbocycles. The highest BCUT2D eigenvalue weighted by Crippen LogP contribution is 2.22. The molecule has 1 unspecified atom stereocenters. The van der Waals surface area contributed by atoms with Crippen LogP contribution in [0.2, 0.25) is 0 Å². The van der Waals surface area contributed by atoms with Crippen LogP contribution in [0.1, 0.15) is 38.4 Å². The minimum absolute atomic E-state index is 0.261. The molecule has 0 radical (unpaired) electrons. The van der Waals surface area contributed by atoms with Gasteiger partial charge < -0.3 is 5.32 Å². The third-order valence-corrected chi connectivity index (χ3v) is 2.94. The number of hydrogen-bond donors (Lipinski definition) is 1. The number of hydrogen-bond acceptors (Lipinski definition) is 2. The lowest BCUT2D eigenvalue weighted by Crippen LogP contribution is -2.08. The van der Waals surface area contributed by atoms with Gasteiger partial charge in [0.15, 0.2) is 0 Å². The van der Waals surface area contributed by atoms with E-state index in [1.807, 2.05) is 20.0 Å². The molecular weight excluding hydrogens is 248 g/mol. The summed E-state index contributed by atoms with van der Waals surface area (Å²) in [5.74, 6) is -0.861. The zero-order valence-corrected chi connectivity index (χ0v) is 11.2. The Bertz CT molecular complexity index is 564. The zero-order valence-electron chi connectivity index (χ0n) is 11.2. The number of nitrogens with one attached hydrogen (secondary N) is 1. The molecule has 2 rings (SSSR count). The van der Waals surface area contributed by atoms with E-state index >= 15 is 0 Å². The van der Waals surface area contributed by atoms with Gasteiger partial charge in [-0.1, -0.05) is 0 Å². The van der Waals surface area contributed by atoms with Crippen LogP contribution in [-0.2, 0) is 0 Å². The van der Waals surface area contributed by atoms with Gasteiger partial charge in [-0.2, -0.15) is 5.10 Å². The molecule has 0 aliphatic heterocycles. The predicted octanol–water partition coefficient (Wildman–Crippen LogP) is 3.92. The standard InChI is InChI=1S/C14H17F2N3/c1-9(2)19-8-12(7-17-19)18-10(3)13-6-11(15)4-5-14(13)16/h4-10,18H,1-3H3. The molecule has 1 N–H and O–H groups in total. The van der Waals surface area contributed by atoms with E-state index in [-0.39, 0.29) is 12.1 Å². The fourth-order valence-electron chi connectivity index (χ4n) is 1.87. The number of aromatic nitrogens is 2. The van der Waals surface area contributed by atoms with E-state index in [0.29, 0.717) is 5.56 Å². The van der Waals surface area contributed by atoms with Crippen molar-refractivity contribution >= 4 is 5.69 Å². The number of anilines is 1. The van der Waals surface area contributed by atoms with Crippen molar-refractivity contribution < 1.29 is 8.78 Å². The van der Waals surface area contributed by atoms with E-state index < -0.39 is 11.6 Å². The fourth-order valence-corrected chi connectivity index (χ4v) is 1.87. The van der Waals surface area contributed by atoms with Crippen LogP contribution < -0.4 is 5.32 Å². The SMILES string of the molecule is CC(Nc1cnn(C(C)C)c1)c1cc(F)ccc1F. The highest BCUT2D eigenvalue weighted by atomic mass is 19.1. The summed E-state index contributed by atoms with van der Waals surface area (Å²) in [5, 5.41) is 7.30. The molecular formula is C14H17F2N3. The number of rotatable bonds is 4. The Morgan fingerprint density at radius 2 is 1.95 bits per heavy atom. The van der Waals surface area contributed by atoms with Gasteiger partial charge in [0.25, 0.3) is 0 Å². The molecule has 1 aromatic carbocycles. The quantitative estimate of drug-likeness (QED) is 0.908. The van der Waals surface area contributed by atoms with Crippen molar-refractivity contribution in [3.63, 3.8) is 0 Å². The van der Waals surface area contributed by atoms with Crippen molar-refractivity contribution in [2.45, 2.75) is 32.9 Å². The Hall–Kier alpha value is -1.91. The first-order valence-electron chi connectivity index (χ1n) is 6.23. The summed E-state index contributed by atoms with van der Waals surface area (Å²) < 4.78 is 28.6. The van der Waals surface area contributed by atoms with Crippen molar-refractivity contribution in [1.29, 1.82) is 0 Å². The summed E-state index contributed by atoms with van der Waals surface area (Å²) in [5.41, 5.74) is 1.09. The van der Waals surface area contributed by atoms with E-state index in [1.54, 1.807) is 17.8 Å². The van der Waals surface area contributed by atoms with E-state index in [4.69, 9.17) is 0 Å². The van der Waals surface area contributed by atoms with Crippen LogP contribution in [0, 0.1) is 11.6 Å². The Morgan fingerprint density at radius 3 is 2.58 bits per heavy atom. The first kappa shape index (κ1) is 13.5. The monoisotopic (exact) mass is 265 g/mol. The van der Waals surface area contributed by atoms with E-state index in [1.165, 1.54) is 6.07 Å². The number of nitrogens with zero attached hydrogens (tertiary/aromatic N) is 2. The first-order valence-corrected chi connectivity index (χ1v) is 6.23. The summed E-state index contributed by atoms with van der Waals surface area (Å²) in [6, 6.07) is 3.39. The summed E-state index contributed by atoms with van der Waals surface area (Å²) in [6.07, 6.45) is 3.52. The van der Waals surface area contributed by atoms with Gasteiger partial charge in [0.1, 0.15) is 11.6 Å². The molecule has 0 aliphatic rings. The highest BCUT2D eigenvalue weighted by molar-refractivity contribution is 5.41. The maximum atomic E-state index is 13.6. The lowest BCUT2D eigenvalue weighted by Gasteiger charge is -2.15. The molecule has 2 aromatic rings. The highest BCUT2D eigenvalue weighted by Gasteiger charge is 2.13. The van der Waals surface area contributed by atoms with Gasteiger partial charge in [-0.25, -0.2) is 8.78 Å². The summed E-state index contributed by atoms with van der Waals surface area (Å²) in [7, 11) is 0. The second kappa shape index (κ2) is 5.38. The molecule has 0 fully saturated rings. The molecule has 1 aromatic heterocycles. The number of benzene rings is 1. The van der Waals surface area contributed by atoms with Crippen molar-refractivity contribution in [3.8, 4) is 0 Å². The van der Waals surface area contributed by atoms with E-state index in [9.17, 15) is 8.78 Å².